The van der Waals surface area contributed by atoms with Crippen molar-refractivity contribution in [2.75, 3.05) is 6.54 Å². The van der Waals surface area contributed by atoms with Crippen LogP contribution in [0.2, 0.25) is 0 Å². The fourth-order valence-electron chi connectivity index (χ4n) is 1.66. The molecule has 0 spiro atoms. The van der Waals surface area contributed by atoms with Crippen LogP contribution in [0, 0.1) is 20.8 Å². The van der Waals surface area contributed by atoms with E-state index in [2.05, 4.69) is 13.8 Å². The van der Waals surface area contributed by atoms with E-state index in [1.54, 1.807) is 0 Å². The van der Waals surface area contributed by atoms with Crippen molar-refractivity contribution in [2.24, 2.45) is 5.73 Å². The summed E-state index contributed by atoms with van der Waals surface area (Å²) in [5.41, 5.74) is 9.81. The topological polar surface area (TPSA) is 43.1 Å². The number of hydrogen-bond acceptors (Lipinski definition) is 2. The van der Waals surface area contributed by atoms with Crippen LogP contribution in [0.15, 0.2) is 12.1 Å². The highest BCUT2D eigenvalue weighted by molar-refractivity contribution is 5.97. The zero-order valence-electron chi connectivity index (χ0n) is 9.76. The lowest BCUT2D eigenvalue weighted by molar-refractivity contribution is 0.0980. The molecule has 0 aliphatic carbocycles. The van der Waals surface area contributed by atoms with Crippen LogP contribution < -0.4 is 5.73 Å². The molecule has 1 aromatic carbocycles. The number of carbonyl (C=O) groups excluding carboxylic acids is 1. The van der Waals surface area contributed by atoms with Crippen LogP contribution in [-0.2, 0) is 0 Å². The van der Waals surface area contributed by atoms with Gasteiger partial charge in [-0.1, -0.05) is 12.1 Å². The second-order valence-electron chi connectivity index (χ2n) is 4.00. The summed E-state index contributed by atoms with van der Waals surface area (Å²) in [4.78, 5) is 11.8. The van der Waals surface area contributed by atoms with E-state index in [0.717, 1.165) is 17.5 Å². The molecule has 0 aliphatic heterocycles. The molecule has 0 saturated heterocycles. The van der Waals surface area contributed by atoms with Gasteiger partial charge in [0, 0.05) is 12.0 Å². The van der Waals surface area contributed by atoms with Crippen molar-refractivity contribution in [3.8, 4) is 0 Å². The quantitative estimate of drug-likeness (QED) is 0.767. The van der Waals surface area contributed by atoms with E-state index in [1.165, 1.54) is 11.1 Å². The van der Waals surface area contributed by atoms with E-state index < -0.39 is 0 Å². The molecule has 15 heavy (non-hydrogen) atoms. The Morgan fingerprint density at radius 3 is 2.47 bits per heavy atom. The van der Waals surface area contributed by atoms with Gasteiger partial charge in [0.05, 0.1) is 0 Å². The van der Waals surface area contributed by atoms with Crippen molar-refractivity contribution in [1.29, 1.82) is 0 Å². The third kappa shape index (κ3) is 2.66. The number of ketones is 1. The van der Waals surface area contributed by atoms with E-state index >= 15 is 0 Å². The monoisotopic (exact) mass is 205 g/mol. The van der Waals surface area contributed by atoms with Gasteiger partial charge in [0.15, 0.2) is 5.78 Å². The van der Waals surface area contributed by atoms with E-state index in [0.29, 0.717) is 13.0 Å². The molecule has 0 radical (unpaired) electrons. The summed E-state index contributed by atoms with van der Waals surface area (Å²) < 4.78 is 0. The first kappa shape index (κ1) is 11.9. The molecule has 0 bridgehead atoms. The average Bonchev–Trinajstić information content (AvgIpc) is 2.23. The standard InChI is InChI=1S/C13H19NO/c1-9-6-7-12(11(3)10(9)2)13(15)5-4-8-14/h6-7H,4-5,8,14H2,1-3H3. The van der Waals surface area contributed by atoms with Crippen molar-refractivity contribution in [2.45, 2.75) is 33.6 Å². The Balaban J connectivity index is 2.95. The number of rotatable bonds is 4. The van der Waals surface area contributed by atoms with Crippen LogP contribution in [0.3, 0.4) is 0 Å². The number of Topliss-reactive ketones (excluding diaryl/α,β-unsaturated/α-hetero) is 1. The highest BCUT2D eigenvalue weighted by Crippen LogP contribution is 2.18. The van der Waals surface area contributed by atoms with Gasteiger partial charge in [-0.2, -0.15) is 0 Å². The Labute approximate surface area is 91.5 Å². The molecule has 2 N–H and O–H groups in total. The van der Waals surface area contributed by atoms with Gasteiger partial charge in [0.1, 0.15) is 0 Å². The molecule has 82 valence electrons. The predicted molar refractivity (Wildman–Crippen MR) is 63.3 cm³/mol. The molecule has 1 rings (SSSR count). The lowest BCUT2D eigenvalue weighted by Gasteiger charge is -2.09. The highest BCUT2D eigenvalue weighted by Gasteiger charge is 2.10. The van der Waals surface area contributed by atoms with Gasteiger partial charge in [-0.3, -0.25) is 4.79 Å². The highest BCUT2D eigenvalue weighted by atomic mass is 16.1. The zero-order chi connectivity index (χ0) is 11.4. The van der Waals surface area contributed by atoms with Gasteiger partial charge in [-0.05, 0) is 50.4 Å². The van der Waals surface area contributed by atoms with E-state index in [1.807, 2.05) is 19.1 Å². The smallest absolute Gasteiger partial charge is 0.163 e. The lowest BCUT2D eigenvalue weighted by atomic mass is 9.95. The van der Waals surface area contributed by atoms with E-state index in [9.17, 15) is 4.79 Å². The van der Waals surface area contributed by atoms with Crippen LogP contribution >= 0.6 is 0 Å². The fraction of sp³-hybridized carbons (Fsp3) is 0.462. The molecule has 0 unspecified atom stereocenters. The van der Waals surface area contributed by atoms with Crippen LogP contribution in [0.5, 0.6) is 0 Å². The third-order valence-electron chi connectivity index (χ3n) is 2.97. The number of benzene rings is 1. The summed E-state index contributed by atoms with van der Waals surface area (Å²) in [7, 11) is 0. The first-order valence-electron chi connectivity index (χ1n) is 5.38. The van der Waals surface area contributed by atoms with Crippen molar-refractivity contribution >= 4 is 5.78 Å². The molecule has 0 fully saturated rings. The average molecular weight is 205 g/mol. The minimum absolute atomic E-state index is 0.209. The predicted octanol–water partition coefficient (Wildman–Crippen LogP) is 2.53. The zero-order valence-corrected chi connectivity index (χ0v) is 9.76. The molecular weight excluding hydrogens is 186 g/mol. The van der Waals surface area contributed by atoms with Gasteiger partial charge >= 0.3 is 0 Å². The normalized spacial score (nSPS) is 10.4. The summed E-state index contributed by atoms with van der Waals surface area (Å²) in [6, 6.07) is 3.94. The summed E-state index contributed by atoms with van der Waals surface area (Å²) in [5, 5.41) is 0. The molecule has 0 amide bonds. The summed E-state index contributed by atoms with van der Waals surface area (Å²) >= 11 is 0. The Bertz CT molecular complexity index is 369. The van der Waals surface area contributed by atoms with Gasteiger partial charge in [0.2, 0.25) is 0 Å². The van der Waals surface area contributed by atoms with Gasteiger partial charge < -0.3 is 5.73 Å². The van der Waals surface area contributed by atoms with Crippen LogP contribution in [0.1, 0.15) is 39.9 Å². The maximum absolute atomic E-state index is 11.8. The van der Waals surface area contributed by atoms with Crippen molar-refractivity contribution < 1.29 is 4.79 Å². The minimum Gasteiger partial charge on any atom is -0.330 e. The van der Waals surface area contributed by atoms with Crippen LogP contribution in [0.25, 0.3) is 0 Å². The number of nitrogens with two attached hydrogens (primary N) is 1. The molecule has 1 aromatic rings. The first-order chi connectivity index (χ1) is 7.07. The summed E-state index contributed by atoms with van der Waals surface area (Å²) in [5.74, 6) is 0.209. The molecule has 0 heterocycles. The summed E-state index contributed by atoms with van der Waals surface area (Å²) in [6.07, 6.45) is 1.32. The molecule has 2 heteroatoms. The van der Waals surface area contributed by atoms with Crippen LogP contribution in [-0.4, -0.2) is 12.3 Å². The molecule has 2 nitrogen and oxygen atoms in total. The van der Waals surface area contributed by atoms with Gasteiger partial charge in [0.25, 0.3) is 0 Å². The Hall–Kier alpha value is -1.15. The number of aryl methyl sites for hydroxylation is 1. The van der Waals surface area contributed by atoms with E-state index in [4.69, 9.17) is 5.73 Å². The van der Waals surface area contributed by atoms with Crippen molar-refractivity contribution in [3.63, 3.8) is 0 Å². The second kappa shape index (κ2) is 5.08. The summed E-state index contributed by atoms with van der Waals surface area (Å²) in [6.45, 7) is 6.72. The minimum atomic E-state index is 0.209. The van der Waals surface area contributed by atoms with Crippen molar-refractivity contribution in [1.82, 2.24) is 0 Å². The molecular formula is C13H19NO. The fourth-order valence-corrected chi connectivity index (χ4v) is 1.66. The van der Waals surface area contributed by atoms with Gasteiger partial charge in [-0.15, -0.1) is 0 Å². The van der Waals surface area contributed by atoms with E-state index in [-0.39, 0.29) is 5.78 Å². The van der Waals surface area contributed by atoms with Crippen LogP contribution in [0.4, 0.5) is 0 Å². The first-order valence-corrected chi connectivity index (χ1v) is 5.38. The van der Waals surface area contributed by atoms with Crippen molar-refractivity contribution in [3.05, 3.63) is 34.4 Å². The Morgan fingerprint density at radius 2 is 1.87 bits per heavy atom. The number of hydrogen-bond donors (Lipinski definition) is 1. The second-order valence-corrected chi connectivity index (χ2v) is 4.00. The largest absolute Gasteiger partial charge is 0.330 e. The Morgan fingerprint density at radius 1 is 1.20 bits per heavy atom. The molecule has 0 atom stereocenters. The van der Waals surface area contributed by atoms with Gasteiger partial charge in [-0.25, -0.2) is 0 Å². The SMILES string of the molecule is Cc1ccc(C(=O)CCCN)c(C)c1C. The lowest BCUT2D eigenvalue weighted by Crippen LogP contribution is -2.07. The molecule has 0 saturated carbocycles. The third-order valence-corrected chi connectivity index (χ3v) is 2.97. The number of carbonyl (C=O) groups is 1. The molecule has 0 aliphatic rings. The Kier molecular flexibility index (Phi) is 4.04. The maximum atomic E-state index is 11.8. The maximum Gasteiger partial charge on any atom is 0.163 e. The molecule has 0 aromatic heterocycles.